The quantitative estimate of drug-likeness (QED) is 0.694. The number of phenolic OH excluding ortho intramolecular Hbond substituents is 1. The van der Waals surface area contributed by atoms with E-state index in [1.54, 1.807) is 13.0 Å². The van der Waals surface area contributed by atoms with Crippen LogP contribution < -0.4 is 11.1 Å². The Bertz CT molecular complexity index is 791. The minimum absolute atomic E-state index is 0.149. The molecule has 3 aliphatic rings. The lowest BCUT2D eigenvalue weighted by molar-refractivity contribution is -0.129. The number of aromatic hydroxyl groups is 1. The van der Waals surface area contributed by atoms with Crippen LogP contribution in [0.25, 0.3) is 0 Å². The van der Waals surface area contributed by atoms with Crippen molar-refractivity contribution in [1.29, 1.82) is 0 Å². The van der Waals surface area contributed by atoms with Gasteiger partial charge >= 0.3 is 0 Å². The smallest absolute Gasteiger partial charge is 0.239 e. The number of rotatable bonds is 6. The zero-order valence-corrected chi connectivity index (χ0v) is 16.8. The molecule has 152 valence electrons. The predicted octanol–water partition coefficient (Wildman–Crippen LogP) is 1.69. The summed E-state index contributed by atoms with van der Waals surface area (Å²) in [5.74, 6) is 0.695. The van der Waals surface area contributed by atoms with Gasteiger partial charge in [-0.2, -0.15) is 0 Å². The fourth-order valence-corrected chi connectivity index (χ4v) is 5.39. The molecule has 1 saturated carbocycles. The molecular formula is C22H31N3O3. The first-order chi connectivity index (χ1) is 13.3. The zero-order chi connectivity index (χ0) is 20.1. The molecule has 0 spiro atoms. The summed E-state index contributed by atoms with van der Waals surface area (Å²) in [4.78, 5) is 26.8. The van der Waals surface area contributed by atoms with Crippen molar-refractivity contribution in [3.8, 4) is 5.75 Å². The van der Waals surface area contributed by atoms with E-state index in [0.717, 1.165) is 37.4 Å². The number of likely N-dealkylation sites (tertiary alicyclic amines) is 1. The van der Waals surface area contributed by atoms with Crippen LogP contribution in [-0.4, -0.2) is 47.0 Å². The third-order valence-electron chi connectivity index (χ3n) is 7.29. The second-order valence-electron chi connectivity index (χ2n) is 9.11. The van der Waals surface area contributed by atoms with Gasteiger partial charge in [-0.1, -0.05) is 13.0 Å². The average molecular weight is 386 g/mol. The number of carbonyl (C=O) groups is 2. The third-order valence-corrected chi connectivity index (χ3v) is 7.29. The van der Waals surface area contributed by atoms with Crippen LogP contribution in [0.4, 0.5) is 0 Å². The molecule has 1 unspecified atom stereocenters. The zero-order valence-electron chi connectivity index (χ0n) is 16.8. The maximum atomic E-state index is 12.8. The number of fused-ring (bicyclic) bond motifs is 4. The molecule has 2 fully saturated rings. The summed E-state index contributed by atoms with van der Waals surface area (Å²) in [5, 5.41) is 12.9. The van der Waals surface area contributed by atoms with Gasteiger partial charge in [-0.15, -0.1) is 0 Å². The molecule has 2 bridgehead atoms. The van der Waals surface area contributed by atoms with Crippen LogP contribution >= 0.6 is 0 Å². The number of hydrogen-bond acceptors (Lipinski definition) is 4. The second kappa shape index (κ2) is 7.07. The third kappa shape index (κ3) is 3.39. The molecule has 1 aromatic rings. The molecule has 2 amide bonds. The highest BCUT2D eigenvalue weighted by atomic mass is 16.3. The topological polar surface area (TPSA) is 95.7 Å². The standard InChI is InChI=1S/C22H31N3O3/c1-13-19-9-16-5-6-17(26)10-18(16)22(13,7-8-25(19)12-15-3-4-15)11-20(27)24-14(2)21(23)28/h5-6,10,13-15,19,26H,3-4,7-9,11-12H2,1-2H3,(H2,23,28)(H,24,27)/t13-,14-,19+,22?/m0/s1. The van der Waals surface area contributed by atoms with Gasteiger partial charge in [0.2, 0.25) is 11.8 Å². The Balaban J connectivity index is 1.65. The number of carbonyl (C=O) groups excluding carboxylic acids is 2. The molecule has 4 N–H and O–H groups in total. The van der Waals surface area contributed by atoms with Crippen molar-refractivity contribution in [2.45, 2.75) is 63.5 Å². The van der Waals surface area contributed by atoms with Gasteiger partial charge < -0.3 is 16.2 Å². The van der Waals surface area contributed by atoms with E-state index in [9.17, 15) is 14.7 Å². The van der Waals surface area contributed by atoms with Gasteiger partial charge in [0, 0.05) is 24.4 Å². The fourth-order valence-electron chi connectivity index (χ4n) is 5.39. The van der Waals surface area contributed by atoms with Crippen LogP contribution in [0.5, 0.6) is 5.75 Å². The number of phenols is 1. The summed E-state index contributed by atoms with van der Waals surface area (Å²) >= 11 is 0. The second-order valence-corrected chi connectivity index (χ2v) is 9.11. The van der Waals surface area contributed by atoms with Gasteiger partial charge in [-0.3, -0.25) is 14.5 Å². The Labute approximate surface area is 166 Å². The number of nitrogens with two attached hydrogens (primary N) is 1. The molecule has 28 heavy (non-hydrogen) atoms. The summed E-state index contributed by atoms with van der Waals surface area (Å²) in [7, 11) is 0. The van der Waals surface area contributed by atoms with Crippen molar-refractivity contribution in [2.24, 2.45) is 17.6 Å². The van der Waals surface area contributed by atoms with Crippen molar-refractivity contribution < 1.29 is 14.7 Å². The van der Waals surface area contributed by atoms with Gasteiger partial charge in [-0.05, 0) is 74.2 Å². The molecule has 2 aliphatic carbocycles. The average Bonchev–Trinajstić information content (AvgIpc) is 3.44. The largest absolute Gasteiger partial charge is 0.508 e. The van der Waals surface area contributed by atoms with E-state index < -0.39 is 11.9 Å². The number of primary amides is 1. The molecule has 1 heterocycles. The number of nitrogens with one attached hydrogen (secondary N) is 1. The van der Waals surface area contributed by atoms with E-state index in [1.807, 2.05) is 12.1 Å². The molecule has 1 saturated heterocycles. The summed E-state index contributed by atoms with van der Waals surface area (Å²) in [6, 6.07) is 5.34. The van der Waals surface area contributed by atoms with Crippen molar-refractivity contribution in [2.75, 3.05) is 13.1 Å². The first-order valence-electron chi connectivity index (χ1n) is 10.5. The van der Waals surface area contributed by atoms with E-state index >= 15 is 0 Å². The molecular weight excluding hydrogens is 354 g/mol. The number of hydrogen-bond donors (Lipinski definition) is 3. The number of piperidine rings is 1. The molecule has 0 aromatic heterocycles. The Hall–Kier alpha value is -2.08. The van der Waals surface area contributed by atoms with Gasteiger partial charge in [0.15, 0.2) is 0 Å². The van der Waals surface area contributed by atoms with Gasteiger partial charge in [0.05, 0.1) is 0 Å². The number of nitrogens with zero attached hydrogens (tertiary/aromatic N) is 1. The maximum Gasteiger partial charge on any atom is 0.239 e. The number of benzene rings is 1. The summed E-state index contributed by atoms with van der Waals surface area (Å²) < 4.78 is 0. The van der Waals surface area contributed by atoms with Crippen molar-refractivity contribution >= 4 is 11.8 Å². The van der Waals surface area contributed by atoms with Crippen LogP contribution in [0.3, 0.4) is 0 Å². The maximum absolute atomic E-state index is 12.8. The van der Waals surface area contributed by atoms with E-state index in [4.69, 9.17) is 5.73 Å². The van der Waals surface area contributed by atoms with Gasteiger partial charge in [0.1, 0.15) is 11.8 Å². The van der Waals surface area contributed by atoms with E-state index in [0.29, 0.717) is 18.4 Å². The molecule has 1 aromatic carbocycles. The molecule has 1 aliphatic heterocycles. The lowest BCUT2D eigenvalue weighted by Crippen LogP contribution is -2.60. The first kappa shape index (κ1) is 19.2. The molecule has 6 heteroatoms. The van der Waals surface area contributed by atoms with Gasteiger partial charge in [-0.25, -0.2) is 0 Å². The van der Waals surface area contributed by atoms with Crippen molar-refractivity contribution in [3.05, 3.63) is 29.3 Å². The lowest BCUT2D eigenvalue weighted by atomic mass is 9.56. The highest BCUT2D eigenvalue weighted by Gasteiger charge is 2.52. The van der Waals surface area contributed by atoms with Crippen LogP contribution in [0.15, 0.2) is 18.2 Å². The Morgan fingerprint density at radius 3 is 2.82 bits per heavy atom. The minimum atomic E-state index is -0.683. The number of amides is 2. The highest BCUT2D eigenvalue weighted by Crippen LogP contribution is 2.52. The predicted molar refractivity (Wildman–Crippen MR) is 107 cm³/mol. The fraction of sp³-hybridized carbons (Fsp3) is 0.636. The minimum Gasteiger partial charge on any atom is -0.508 e. The Kier molecular flexibility index (Phi) is 4.86. The molecule has 0 radical (unpaired) electrons. The lowest BCUT2D eigenvalue weighted by Gasteiger charge is -2.56. The van der Waals surface area contributed by atoms with Crippen molar-refractivity contribution in [3.63, 3.8) is 0 Å². The van der Waals surface area contributed by atoms with E-state index in [1.165, 1.54) is 18.4 Å². The summed E-state index contributed by atoms with van der Waals surface area (Å²) in [6.45, 7) is 5.99. The Morgan fingerprint density at radius 1 is 1.39 bits per heavy atom. The molecule has 6 nitrogen and oxygen atoms in total. The van der Waals surface area contributed by atoms with Crippen LogP contribution in [0, 0.1) is 11.8 Å². The van der Waals surface area contributed by atoms with E-state index in [2.05, 4.69) is 17.1 Å². The summed E-state index contributed by atoms with van der Waals surface area (Å²) in [6.07, 6.45) is 4.83. The monoisotopic (exact) mass is 385 g/mol. The van der Waals surface area contributed by atoms with Crippen molar-refractivity contribution in [1.82, 2.24) is 10.2 Å². The Morgan fingerprint density at radius 2 is 2.14 bits per heavy atom. The van der Waals surface area contributed by atoms with Crippen LogP contribution in [0.1, 0.15) is 50.7 Å². The SMILES string of the molecule is C[C@H](NC(=O)CC12CCN(CC3CC3)[C@H](Cc3ccc(O)cc31)[C@@H]2C)C(N)=O. The van der Waals surface area contributed by atoms with Crippen LogP contribution in [-0.2, 0) is 21.4 Å². The first-order valence-corrected chi connectivity index (χ1v) is 10.5. The van der Waals surface area contributed by atoms with E-state index in [-0.39, 0.29) is 17.1 Å². The molecule has 4 rings (SSSR count). The molecule has 4 atom stereocenters. The highest BCUT2D eigenvalue weighted by molar-refractivity contribution is 5.86. The van der Waals surface area contributed by atoms with Gasteiger partial charge in [0.25, 0.3) is 0 Å². The van der Waals surface area contributed by atoms with Crippen LogP contribution in [0.2, 0.25) is 0 Å². The summed E-state index contributed by atoms with van der Waals surface area (Å²) in [5.41, 5.74) is 7.33. The normalized spacial score (nSPS) is 30.4.